The van der Waals surface area contributed by atoms with Crippen molar-refractivity contribution in [2.24, 2.45) is 4.99 Å². The summed E-state index contributed by atoms with van der Waals surface area (Å²) >= 11 is 3.33. The Labute approximate surface area is 196 Å². The number of amidine groups is 1. The van der Waals surface area contributed by atoms with Crippen LogP contribution in [-0.4, -0.2) is 61.6 Å². The second-order valence-corrected chi connectivity index (χ2v) is 8.28. The monoisotopic (exact) mass is 524 g/mol. The lowest BCUT2D eigenvalue weighted by atomic mass is 9.95. The third kappa shape index (κ3) is 5.10. The van der Waals surface area contributed by atoms with Gasteiger partial charge in [0.1, 0.15) is 23.4 Å². The molecule has 33 heavy (non-hydrogen) atoms. The van der Waals surface area contributed by atoms with Crippen molar-refractivity contribution in [3.63, 3.8) is 0 Å². The normalized spacial score (nSPS) is 19.2. The number of morpholine rings is 1. The van der Waals surface area contributed by atoms with Gasteiger partial charge in [0.25, 0.3) is 0 Å². The highest BCUT2D eigenvalue weighted by Crippen LogP contribution is 2.36. The molecule has 1 N–H and O–H groups in total. The highest BCUT2D eigenvalue weighted by molar-refractivity contribution is 9.10. The van der Waals surface area contributed by atoms with Gasteiger partial charge >= 0.3 is 5.97 Å². The molecule has 2 aliphatic rings. The highest BCUT2D eigenvalue weighted by atomic mass is 79.9. The molecule has 2 aromatic rings. The van der Waals surface area contributed by atoms with Gasteiger partial charge in [0.15, 0.2) is 11.7 Å². The Balaban J connectivity index is 1.85. The second kappa shape index (κ2) is 10.0. The summed E-state index contributed by atoms with van der Waals surface area (Å²) in [6.07, 6.45) is 0.882. The predicted molar refractivity (Wildman–Crippen MR) is 117 cm³/mol. The Hall–Kier alpha value is -2.76. The molecule has 11 heteroatoms. The Bertz CT molecular complexity index is 1140. The van der Waals surface area contributed by atoms with Crippen molar-refractivity contribution in [1.82, 2.24) is 15.2 Å². The lowest BCUT2D eigenvalue weighted by Gasteiger charge is -2.32. The van der Waals surface area contributed by atoms with Gasteiger partial charge in [-0.25, -0.2) is 22.9 Å². The van der Waals surface area contributed by atoms with E-state index in [2.05, 4.69) is 36.1 Å². The topological polar surface area (TPSA) is 76.0 Å². The first-order valence-electron chi connectivity index (χ1n) is 10.1. The molecule has 1 aromatic heterocycles. The Morgan fingerprint density at radius 3 is 2.67 bits per heavy atom. The minimum atomic E-state index is -0.953. The van der Waals surface area contributed by atoms with E-state index in [0.717, 1.165) is 6.20 Å². The van der Waals surface area contributed by atoms with Crippen molar-refractivity contribution in [2.75, 3.05) is 40.0 Å². The van der Waals surface area contributed by atoms with Crippen LogP contribution < -0.4 is 5.32 Å². The van der Waals surface area contributed by atoms with E-state index in [1.54, 1.807) is 0 Å². The predicted octanol–water partition coefficient (Wildman–Crippen LogP) is 3.11. The maximum Gasteiger partial charge on any atom is 0.338 e. The summed E-state index contributed by atoms with van der Waals surface area (Å²) < 4.78 is 52.6. The van der Waals surface area contributed by atoms with Crippen molar-refractivity contribution in [2.45, 2.75) is 6.04 Å². The maximum absolute atomic E-state index is 14.6. The van der Waals surface area contributed by atoms with Gasteiger partial charge in [0.05, 0.1) is 32.1 Å². The number of nitrogens with zero attached hydrogens (tertiary/aromatic N) is 3. The Morgan fingerprint density at radius 2 is 2.00 bits per heavy atom. The standard InChI is InChI=1S/C22H20BrF3N4O3/c1-32-22(31)18-17(11-30-4-6-33-7-5-30)28-21(20-16(26)9-13(25)10-27-20)29-19(18)14-3-2-12(24)8-15(14)23/h2-3,8-10,19H,4-7,11H2,1H3,(H,28,29). The van der Waals surface area contributed by atoms with Gasteiger partial charge in [-0.15, -0.1) is 0 Å². The zero-order valence-corrected chi connectivity index (χ0v) is 19.2. The Morgan fingerprint density at radius 1 is 1.24 bits per heavy atom. The van der Waals surface area contributed by atoms with E-state index in [-0.39, 0.29) is 17.1 Å². The van der Waals surface area contributed by atoms with E-state index in [4.69, 9.17) is 9.47 Å². The molecule has 174 valence electrons. The molecule has 0 radical (unpaired) electrons. The molecule has 0 amide bonds. The summed E-state index contributed by atoms with van der Waals surface area (Å²) in [4.78, 5) is 23.3. The number of methoxy groups -OCH3 is 1. The first kappa shape index (κ1) is 23.4. The van der Waals surface area contributed by atoms with Crippen molar-refractivity contribution in [1.29, 1.82) is 0 Å². The molecular weight excluding hydrogens is 505 g/mol. The number of rotatable bonds is 5. The van der Waals surface area contributed by atoms with Gasteiger partial charge in [-0.1, -0.05) is 22.0 Å². The van der Waals surface area contributed by atoms with Crippen LogP contribution in [0.5, 0.6) is 0 Å². The lowest BCUT2D eigenvalue weighted by Crippen LogP contribution is -2.43. The average Bonchev–Trinajstić information content (AvgIpc) is 2.79. The van der Waals surface area contributed by atoms with E-state index < -0.39 is 29.5 Å². The van der Waals surface area contributed by atoms with Crippen LogP contribution in [0.3, 0.4) is 0 Å². The summed E-state index contributed by atoms with van der Waals surface area (Å²) in [5, 5.41) is 3.01. The first-order valence-corrected chi connectivity index (χ1v) is 10.9. The number of ether oxygens (including phenoxy) is 2. The Kier molecular flexibility index (Phi) is 7.11. The summed E-state index contributed by atoms with van der Waals surface area (Å²) in [7, 11) is 1.25. The molecule has 7 nitrogen and oxygen atoms in total. The minimum Gasteiger partial charge on any atom is -0.466 e. The fourth-order valence-electron chi connectivity index (χ4n) is 3.71. The van der Waals surface area contributed by atoms with Gasteiger partial charge in [0.2, 0.25) is 0 Å². The number of esters is 1. The van der Waals surface area contributed by atoms with E-state index in [0.29, 0.717) is 54.6 Å². The van der Waals surface area contributed by atoms with Gasteiger partial charge < -0.3 is 14.8 Å². The number of carbonyl (C=O) groups excluding carboxylic acids is 1. The quantitative estimate of drug-likeness (QED) is 0.605. The smallest absolute Gasteiger partial charge is 0.338 e. The minimum absolute atomic E-state index is 0.0182. The zero-order valence-electron chi connectivity index (χ0n) is 17.6. The van der Waals surface area contributed by atoms with E-state index >= 15 is 0 Å². The number of pyridine rings is 1. The van der Waals surface area contributed by atoms with Gasteiger partial charge in [-0.3, -0.25) is 9.89 Å². The number of benzene rings is 1. The molecule has 1 unspecified atom stereocenters. The first-order chi connectivity index (χ1) is 15.9. The maximum atomic E-state index is 14.6. The molecule has 1 atom stereocenters. The van der Waals surface area contributed by atoms with Crippen LogP contribution in [0.1, 0.15) is 17.3 Å². The zero-order chi connectivity index (χ0) is 23.5. The van der Waals surface area contributed by atoms with Crippen LogP contribution in [0, 0.1) is 17.5 Å². The van der Waals surface area contributed by atoms with E-state index in [1.807, 2.05) is 0 Å². The summed E-state index contributed by atoms with van der Waals surface area (Å²) in [5.74, 6) is -2.84. The molecule has 0 bridgehead atoms. The molecule has 2 aliphatic heterocycles. The number of aromatic nitrogens is 1. The van der Waals surface area contributed by atoms with Crippen LogP contribution in [-0.2, 0) is 14.3 Å². The molecule has 4 rings (SSSR count). The number of halogens is 4. The SMILES string of the molecule is COC(=O)C1=C(CN2CCOCC2)NC(c2ncc(F)cc2F)=NC1c1ccc(F)cc1Br. The second-order valence-electron chi connectivity index (χ2n) is 7.43. The molecule has 0 spiro atoms. The summed E-state index contributed by atoms with van der Waals surface area (Å²) in [6.45, 7) is 2.61. The number of aliphatic imine (C=N–C) groups is 1. The molecule has 0 saturated carbocycles. The molecule has 1 fully saturated rings. The third-order valence-corrected chi connectivity index (χ3v) is 5.99. The third-order valence-electron chi connectivity index (χ3n) is 5.31. The highest BCUT2D eigenvalue weighted by Gasteiger charge is 2.35. The van der Waals surface area contributed by atoms with Crippen molar-refractivity contribution in [3.8, 4) is 0 Å². The van der Waals surface area contributed by atoms with Crippen molar-refractivity contribution >= 4 is 27.7 Å². The molecule has 1 saturated heterocycles. The van der Waals surface area contributed by atoms with Crippen LogP contribution in [0.15, 0.2) is 51.2 Å². The van der Waals surface area contributed by atoms with E-state index in [9.17, 15) is 18.0 Å². The fourth-order valence-corrected chi connectivity index (χ4v) is 4.28. The average molecular weight is 525 g/mol. The van der Waals surface area contributed by atoms with Crippen molar-refractivity contribution in [3.05, 3.63) is 74.9 Å². The van der Waals surface area contributed by atoms with Crippen LogP contribution >= 0.6 is 15.9 Å². The fraction of sp³-hybridized carbons (Fsp3) is 0.318. The molecule has 0 aliphatic carbocycles. The number of hydrogen-bond donors (Lipinski definition) is 1. The molecular formula is C22H20BrF3N4O3. The van der Waals surface area contributed by atoms with Gasteiger partial charge in [-0.05, 0) is 17.7 Å². The van der Waals surface area contributed by atoms with Crippen LogP contribution in [0.2, 0.25) is 0 Å². The van der Waals surface area contributed by atoms with E-state index in [1.165, 1.54) is 25.3 Å². The molecule has 1 aromatic carbocycles. The number of carbonyl (C=O) groups is 1. The number of hydrogen-bond acceptors (Lipinski definition) is 7. The van der Waals surface area contributed by atoms with Gasteiger partial charge in [0, 0.05) is 35.9 Å². The summed E-state index contributed by atoms with van der Waals surface area (Å²) in [5.41, 5.74) is 0.892. The van der Waals surface area contributed by atoms with Crippen LogP contribution in [0.4, 0.5) is 13.2 Å². The van der Waals surface area contributed by atoms with Crippen LogP contribution in [0.25, 0.3) is 0 Å². The largest absolute Gasteiger partial charge is 0.466 e. The summed E-state index contributed by atoms with van der Waals surface area (Å²) in [6, 6.07) is 3.73. The van der Waals surface area contributed by atoms with Gasteiger partial charge in [-0.2, -0.15) is 0 Å². The molecule has 3 heterocycles. The van der Waals surface area contributed by atoms with Crippen molar-refractivity contribution < 1.29 is 27.4 Å². The lowest BCUT2D eigenvalue weighted by molar-refractivity contribution is -0.136. The number of nitrogens with one attached hydrogen (secondary N) is 1.